The van der Waals surface area contributed by atoms with E-state index in [4.69, 9.17) is 16.3 Å². The van der Waals surface area contributed by atoms with Crippen LogP contribution in [0.1, 0.15) is 6.92 Å². The molecule has 1 amide bonds. The second-order valence-electron chi connectivity index (χ2n) is 5.15. The lowest BCUT2D eigenvalue weighted by Crippen LogP contribution is -2.48. The van der Waals surface area contributed by atoms with Crippen LogP contribution in [0.5, 0.6) is 0 Å². The molecule has 5 nitrogen and oxygen atoms in total. The van der Waals surface area contributed by atoms with Gasteiger partial charge in [-0.3, -0.25) is 14.5 Å². The van der Waals surface area contributed by atoms with Crippen molar-refractivity contribution in [3.63, 3.8) is 0 Å². The van der Waals surface area contributed by atoms with Crippen LogP contribution in [0.2, 0.25) is 5.02 Å². The molecule has 23 heavy (non-hydrogen) atoms. The number of carbonyl (C=O) groups is 2. The van der Waals surface area contributed by atoms with Gasteiger partial charge in [-0.25, -0.2) is 0 Å². The topological polar surface area (TPSA) is 49.9 Å². The van der Waals surface area contributed by atoms with Gasteiger partial charge in [0.05, 0.1) is 11.4 Å². The SMILES string of the molecule is CC(OC=O)N1CC(=O)N(c2ccc(Cl)cc2)c2ccccc21. The highest BCUT2D eigenvalue weighted by atomic mass is 35.5. The van der Waals surface area contributed by atoms with E-state index in [1.54, 1.807) is 41.0 Å². The Labute approximate surface area is 139 Å². The van der Waals surface area contributed by atoms with E-state index in [0.29, 0.717) is 11.5 Å². The molecule has 0 saturated carbocycles. The van der Waals surface area contributed by atoms with E-state index in [-0.39, 0.29) is 12.5 Å². The first-order chi connectivity index (χ1) is 11.1. The molecule has 1 heterocycles. The van der Waals surface area contributed by atoms with E-state index in [0.717, 1.165) is 17.1 Å². The van der Waals surface area contributed by atoms with E-state index >= 15 is 0 Å². The van der Waals surface area contributed by atoms with E-state index in [1.807, 2.05) is 24.3 Å². The van der Waals surface area contributed by atoms with Gasteiger partial charge in [0.1, 0.15) is 6.54 Å². The number of carbonyl (C=O) groups excluding carboxylic acids is 2. The largest absolute Gasteiger partial charge is 0.444 e. The molecule has 0 aromatic heterocycles. The fraction of sp³-hybridized carbons (Fsp3) is 0.176. The zero-order valence-corrected chi connectivity index (χ0v) is 13.2. The van der Waals surface area contributed by atoms with Gasteiger partial charge >= 0.3 is 0 Å². The fourth-order valence-electron chi connectivity index (χ4n) is 2.68. The van der Waals surface area contributed by atoms with Crippen molar-refractivity contribution in [3.05, 3.63) is 53.6 Å². The lowest BCUT2D eigenvalue weighted by Gasteiger charge is -2.39. The number of anilines is 3. The highest BCUT2D eigenvalue weighted by Crippen LogP contribution is 2.39. The number of hydrogen-bond donors (Lipinski definition) is 0. The molecule has 1 aliphatic rings. The Kier molecular flexibility index (Phi) is 4.21. The molecule has 6 heteroatoms. The zero-order chi connectivity index (χ0) is 16.4. The van der Waals surface area contributed by atoms with Crippen LogP contribution in [0.3, 0.4) is 0 Å². The van der Waals surface area contributed by atoms with Crippen LogP contribution in [-0.2, 0) is 14.3 Å². The molecular weight excluding hydrogens is 316 g/mol. The standard InChI is InChI=1S/C17H15ClN2O3/c1-12(23-11-21)19-10-17(22)20(14-8-6-13(18)7-9-14)16-5-3-2-4-15(16)19/h2-9,11-12H,10H2,1H3. The molecule has 3 rings (SSSR count). The van der Waals surface area contributed by atoms with Crippen molar-refractivity contribution in [2.45, 2.75) is 13.2 Å². The van der Waals surface area contributed by atoms with E-state index in [1.165, 1.54) is 0 Å². The van der Waals surface area contributed by atoms with Crippen molar-refractivity contribution in [3.8, 4) is 0 Å². The summed E-state index contributed by atoms with van der Waals surface area (Å²) in [5.74, 6) is -0.104. The van der Waals surface area contributed by atoms with Crippen LogP contribution in [0.4, 0.5) is 17.1 Å². The van der Waals surface area contributed by atoms with Crippen LogP contribution in [-0.4, -0.2) is 25.2 Å². The van der Waals surface area contributed by atoms with Gasteiger partial charge in [-0.05, 0) is 43.3 Å². The molecule has 0 fully saturated rings. The summed E-state index contributed by atoms with van der Waals surface area (Å²) in [7, 11) is 0. The molecule has 2 aromatic carbocycles. The third-order valence-corrected chi connectivity index (χ3v) is 4.02. The maximum absolute atomic E-state index is 12.7. The Bertz CT molecular complexity index is 733. The van der Waals surface area contributed by atoms with Crippen molar-refractivity contribution < 1.29 is 14.3 Å². The first kappa shape index (κ1) is 15.4. The zero-order valence-electron chi connectivity index (χ0n) is 12.5. The highest BCUT2D eigenvalue weighted by molar-refractivity contribution is 6.30. The third-order valence-electron chi connectivity index (χ3n) is 3.76. The molecule has 1 aliphatic heterocycles. The Morgan fingerprint density at radius 3 is 2.43 bits per heavy atom. The number of rotatable bonds is 4. The van der Waals surface area contributed by atoms with Crippen molar-refractivity contribution in [1.29, 1.82) is 0 Å². The molecule has 1 atom stereocenters. The van der Waals surface area contributed by atoms with Gasteiger partial charge in [-0.2, -0.15) is 0 Å². The van der Waals surface area contributed by atoms with Crippen LogP contribution >= 0.6 is 11.6 Å². The van der Waals surface area contributed by atoms with Gasteiger partial charge in [0.15, 0.2) is 6.23 Å². The van der Waals surface area contributed by atoms with Crippen LogP contribution in [0, 0.1) is 0 Å². The summed E-state index contributed by atoms with van der Waals surface area (Å²) in [6.45, 7) is 2.24. The number of amides is 1. The predicted octanol–water partition coefficient (Wildman–Crippen LogP) is 3.34. The van der Waals surface area contributed by atoms with Gasteiger partial charge < -0.3 is 9.64 Å². The predicted molar refractivity (Wildman–Crippen MR) is 89.0 cm³/mol. The summed E-state index contributed by atoms with van der Waals surface area (Å²) >= 11 is 5.93. The fourth-order valence-corrected chi connectivity index (χ4v) is 2.81. The summed E-state index contributed by atoms with van der Waals surface area (Å²) < 4.78 is 5.00. The van der Waals surface area contributed by atoms with Crippen molar-refractivity contribution in [1.82, 2.24) is 0 Å². The van der Waals surface area contributed by atoms with E-state index < -0.39 is 6.23 Å². The lowest BCUT2D eigenvalue weighted by atomic mass is 10.1. The molecule has 118 valence electrons. The Hall–Kier alpha value is -2.53. The van der Waals surface area contributed by atoms with Crippen LogP contribution in [0.15, 0.2) is 48.5 Å². The number of fused-ring (bicyclic) bond motifs is 1. The average molecular weight is 331 g/mol. The summed E-state index contributed by atoms with van der Waals surface area (Å²) in [5, 5.41) is 0.612. The first-order valence-electron chi connectivity index (χ1n) is 7.15. The Balaban J connectivity index is 2.05. The first-order valence-corrected chi connectivity index (χ1v) is 7.53. The van der Waals surface area contributed by atoms with Crippen LogP contribution < -0.4 is 9.80 Å². The van der Waals surface area contributed by atoms with Crippen LogP contribution in [0.25, 0.3) is 0 Å². The number of nitrogens with zero attached hydrogens (tertiary/aromatic N) is 2. The number of halogens is 1. The number of benzene rings is 2. The van der Waals surface area contributed by atoms with Gasteiger partial charge in [0.25, 0.3) is 12.4 Å². The van der Waals surface area contributed by atoms with E-state index in [2.05, 4.69) is 0 Å². The second-order valence-corrected chi connectivity index (χ2v) is 5.59. The van der Waals surface area contributed by atoms with Gasteiger partial charge in [-0.15, -0.1) is 0 Å². The quantitative estimate of drug-likeness (QED) is 0.807. The number of ether oxygens (including phenoxy) is 1. The normalized spacial score (nSPS) is 15.1. The molecular formula is C17H15ClN2O3. The average Bonchev–Trinajstić information content (AvgIpc) is 2.55. The lowest BCUT2D eigenvalue weighted by molar-refractivity contribution is -0.133. The summed E-state index contributed by atoms with van der Waals surface area (Å²) in [5.41, 5.74) is 2.32. The minimum Gasteiger partial charge on any atom is -0.444 e. The smallest absolute Gasteiger partial charge is 0.294 e. The van der Waals surface area contributed by atoms with Gasteiger partial charge in [0.2, 0.25) is 0 Å². The van der Waals surface area contributed by atoms with Crippen molar-refractivity contribution >= 4 is 41.0 Å². The maximum atomic E-state index is 12.7. The second kappa shape index (κ2) is 6.30. The molecule has 0 N–H and O–H groups in total. The minimum atomic E-state index is -0.523. The molecule has 0 aliphatic carbocycles. The summed E-state index contributed by atoms with van der Waals surface area (Å²) in [6.07, 6.45) is -0.523. The molecule has 0 radical (unpaired) electrons. The molecule has 2 aromatic rings. The van der Waals surface area contributed by atoms with Crippen molar-refractivity contribution in [2.24, 2.45) is 0 Å². The number of para-hydroxylation sites is 2. The summed E-state index contributed by atoms with van der Waals surface area (Å²) in [6, 6.07) is 14.6. The minimum absolute atomic E-state index is 0.104. The maximum Gasteiger partial charge on any atom is 0.294 e. The Morgan fingerprint density at radius 1 is 1.13 bits per heavy atom. The third kappa shape index (κ3) is 2.87. The van der Waals surface area contributed by atoms with Gasteiger partial charge in [-0.1, -0.05) is 23.7 Å². The molecule has 0 spiro atoms. The number of hydrogen-bond acceptors (Lipinski definition) is 4. The van der Waals surface area contributed by atoms with Crippen molar-refractivity contribution in [2.75, 3.05) is 16.3 Å². The molecule has 0 bridgehead atoms. The van der Waals surface area contributed by atoms with E-state index in [9.17, 15) is 9.59 Å². The highest BCUT2D eigenvalue weighted by Gasteiger charge is 2.32. The van der Waals surface area contributed by atoms with Gasteiger partial charge in [0, 0.05) is 10.7 Å². The molecule has 0 saturated heterocycles. The monoisotopic (exact) mass is 330 g/mol. The molecule has 1 unspecified atom stereocenters. The Morgan fingerprint density at radius 2 is 1.78 bits per heavy atom. The summed E-state index contributed by atoms with van der Waals surface area (Å²) in [4.78, 5) is 26.7.